The summed E-state index contributed by atoms with van der Waals surface area (Å²) < 4.78 is 5.27. The van der Waals surface area contributed by atoms with Crippen molar-refractivity contribution in [2.45, 2.75) is 6.54 Å². The van der Waals surface area contributed by atoms with Gasteiger partial charge in [-0.25, -0.2) is 0 Å². The Balaban J connectivity index is 1.81. The number of aromatic amines is 1. The van der Waals surface area contributed by atoms with Crippen LogP contribution in [0.25, 0.3) is 10.9 Å². The van der Waals surface area contributed by atoms with Crippen molar-refractivity contribution in [3.63, 3.8) is 0 Å². The van der Waals surface area contributed by atoms with E-state index in [9.17, 15) is 9.59 Å². The number of hydrogen-bond donors (Lipinski definition) is 1. The second-order valence-electron chi connectivity index (χ2n) is 5.78. The largest absolute Gasteiger partial charge is 0.459 e. The average Bonchev–Trinajstić information content (AvgIpc) is 3.21. The number of fused-ring (bicyclic) bond motifs is 1. The molecule has 0 aliphatic heterocycles. The quantitative estimate of drug-likeness (QED) is 0.615. The Morgan fingerprint density at radius 3 is 2.65 bits per heavy atom. The number of H-pyrrole nitrogens is 1. The third-order valence-electron chi connectivity index (χ3n) is 4.12. The molecule has 128 valence electrons. The molecular formula is C20H15N3O3. The van der Waals surface area contributed by atoms with Gasteiger partial charge in [-0.1, -0.05) is 18.2 Å². The van der Waals surface area contributed by atoms with Gasteiger partial charge in [-0.15, -0.1) is 0 Å². The molecule has 0 bridgehead atoms. The summed E-state index contributed by atoms with van der Waals surface area (Å²) in [5, 5.41) is 0.887. The van der Waals surface area contributed by atoms with Crippen molar-refractivity contribution in [1.29, 1.82) is 0 Å². The molecule has 0 saturated heterocycles. The zero-order chi connectivity index (χ0) is 17.9. The van der Waals surface area contributed by atoms with Crippen LogP contribution in [0.1, 0.15) is 16.1 Å². The zero-order valence-corrected chi connectivity index (χ0v) is 13.8. The minimum Gasteiger partial charge on any atom is -0.459 e. The predicted molar refractivity (Wildman–Crippen MR) is 98.0 cm³/mol. The highest BCUT2D eigenvalue weighted by Gasteiger charge is 2.21. The summed E-state index contributed by atoms with van der Waals surface area (Å²) in [6.45, 7) is 0.230. The Labute approximate surface area is 148 Å². The topological polar surface area (TPSA) is 79.2 Å². The van der Waals surface area contributed by atoms with Gasteiger partial charge in [-0.05, 0) is 35.9 Å². The van der Waals surface area contributed by atoms with Gasteiger partial charge in [0, 0.05) is 35.1 Å². The second kappa shape index (κ2) is 6.68. The summed E-state index contributed by atoms with van der Waals surface area (Å²) in [5.74, 6) is -0.0541. The Morgan fingerprint density at radius 2 is 1.88 bits per heavy atom. The molecule has 3 heterocycles. The average molecular weight is 345 g/mol. The van der Waals surface area contributed by atoms with Crippen LogP contribution in [0.15, 0.2) is 82.5 Å². The Kier molecular flexibility index (Phi) is 4.07. The Morgan fingerprint density at radius 1 is 1.08 bits per heavy atom. The fraction of sp³-hybridized carbons (Fsp3) is 0.0500. The molecule has 0 spiro atoms. The number of carbonyl (C=O) groups excluding carboxylic acids is 1. The van der Waals surface area contributed by atoms with Gasteiger partial charge in [0.2, 0.25) is 5.56 Å². The Bertz CT molecular complexity index is 1100. The standard InChI is InChI=1S/C20H15N3O3/c24-19-12-14(16-4-1-2-5-17(16)22-19)13-23(15-7-9-21-10-8-15)20(25)18-6-3-11-26-18/h1-12H,13H2,(H,22,24). The highest BCUT2D eigenvalue weighted by atomic mass is 16.3. The summed E-state index contributed by atoms with van der Waals surface area (Å²) in [6.07, 6.45) is 4.70. The summed E-state index contributed by atoms with van der Waals surface area (Å²) in [5.41, 5.74) is 1.95. The van der Waals surface area contributed by atoms with E-state index < -0.39 is 0 Å². The number of amides is 1. The molecule has 0 saturated carbocycles. The van der Waals surface area contributed by atoms with Crippen LogP contribution in [0.2, 0.25) is 0 Å². The van der Waals surface area contributed by atoms with Gasteiger partial charge >= 0.3 is 0 Å². The van der Waals surface area contributed by atoms with Gasteiger partial charge in [0.05, 0.1) is 12.8 Å². The first kappa shape index (κ1) is 15.8. The first-order valence-corrected chi connectivity index (χ1v) is 8.09. The maximum Gasteiger partial charge on any atom is 0.294 e. The first-order valence-electron chi connectivity index (χ1n) is 8.09. The molecule has 0 atom stereocenters. The van der Waals surface area contributed by atoms with Crippen molar-refractivity contribution >= 4 is 22.5 Å². The highest BCUT2D eigenvalue weighted by molar-refractivity contribution is 6.04. The predicted octanol–water partition coefficient (Wildman–Crippen LogP) is 3.36. The molecule has 1 aromatic carbocycles. The van der Waals surface area contributed by atoms with Crippen molar-refractivity contribution in [3.8, 4) is 0 Å². The summed E-state index contributed by atoms with van der Waals surface area (Å²) in [7, 11) is 0. The molecular weight excluding hydrogens is 330 g/mol. The molecule has 0 unspecified atom stereocenters. The molecule has 1 amide bonds. The summed E-state index contributed by atoms with van der Waals surface area (Å²) in [4.78, 5) is 33.4. The van der Waals surface area contributed by atoms with Crippen molar-refractivity contribution in [2.75, 3.05) is 4.90 Å². The number of nitrogens with one attached hydrogen (secondary N) is 1. The van der Waals surface area contributed by atoms with Crippen molar-refractivity contribution < 1.29 is 9.21 Å². The Hall–Kier alpha value is -3.67. The van der Waals surface area contributed by atoms with Gasteiger partial charge in [-0.2, -0.15) is 0 Å². The van der Waals surface area contributed by atoms with Gasteiger partial charge in [0.1, 0.15) is 0 Å². The zero-order valence-electron chi connectivity index (χ0n) is 13.8. The molecule has 0 aliphatic carbocycles. The van der Waals surface area contributed by atoms with Gasteiger partial charge < -0.3 is 14.3 Å². The second-order valence-corrected chi connectivity index (χ2v) is 5.78. The third-order valence-corrected chi connectivity index (χ3v) is 4.12. The SMILES string of the molecule is O=C(c1ccco1)N(Cc1cc(=O)[nH]c2ccccc12)c1ccncc1. The lowest BCUT2D eigenvalue weighted by Crippen LogP contribution is -2.30. The number of anilines is 1. The number of hydrogen-bond acceptors (Lipinski definition) is 4. The van der Waals surface area contributed by atoms with Crippen LogP contribution in [-0.2, 0) is 6.54 Å². The molecule has 1 N–H and O–H groups in total. The van der Waals surface area contributed by atoms with Crippen molar-refractivity contribution in [1.82, 2.24) is 9.97 Å². The molecule has 6 heteroatoms. The number of furan rings is 1. The molecule has 0 radical (unpaired) electrons. The van der Waals surface area contributed by atoms with E-state index in [2.05, 4.69) is 9.97 Å². The van der Waals surface area contributed by atoms with Crippen molar-refractivity contribution in [3.05, 3.63) is 94.9 Å². The number of para-hydroxylation sites is 1. The van der Waals surface area contributed by atoms with Gasteiger partial charge in [0.25, 0.3) is 5.91 Å². The van der Waals surface area contributed by atoms with E-state index in [0.717, 1.165) is 16.5 Å². The molecule has 0 fully saturated rings. The molecule has 4 aromatic rings. The first-order chi connectivity index (χ1) is 12.7. The molecule has 3 aromatic heterocycles. The normalized spacial score (nSPS) is 10.8. The number of rotatable bonds is 4. The lowest BCUT2D eigenvalue weighted by molar-refractivity contribution is 0.0958. The van der Waals surface area contributed by atoms with Crippen LogP contribution in [0, 0.1) is 0 Å². The van der Waals surface area contributed by atoms with E-state index in [1.54, 1.807) is 41.6 Å². The number of benzene rings is 1. The monoisotopic (exact) mass is 345 g/mol. The lowest BCUT2D eigenvalue weighted by atomic mass is 10.1. The van der Waals surface area contributed by atoms with Crippen LogP contribution in [0.3, 0.4) is 0 Å². The fourth-order valence-electron chi connectivity index (χ4n) is 2.92. The van der Waals surface area contributed by atoms with E-state index >= 15 is 0 Å². The molecule has 4 rings (SSSR count). The minimum absolute atomic E-state index is 0.209. The minimum atomic E-state index is -0.287. The van der Waals surface area contributed by atoms with E-state index in [-0.39, 0.29) is 23.8 Å². The molecule has 26 heavy (non-hydrogen) atoms. The summed E-state index contributed by atoms with van der Waals surface area (Å²) in [6, 6.07) is 15.8. The number of aromatic nitrogens is 2. The summed E-state index contributed by atoms with van der Waals surface area (Å²) >= 11 is 0. The highest BCUT2D eigenvalue weighted by Crippen LogP contribution is 2.22. The number of nitrogens with zero attached hydrogens (tertiary/aromatic N) is 2. The molecule has 0 aliphatic rings. The third kappa shape index (κ3) is 3.00. The van der Waals surface area contributed by atoms with Crippen LogP contribution in [-0.4, -0.2) is 15.9 Å². The fourth-order valence-corrected chi connectivity index (χ4v) is 2.92. The number of carbonyl (C=O) groups is 1. The van der Waals surface area contributed by atoms with Gasteiger partial charge in [0.15, 0.2) is 5.76 Å². The van der Waals surface area contributed by atoms with E-state index in [0.29, 0.717) is 5.69 Å². The number of pyridine rings is 2. The van der Waals surface area contributed by atoms with Crippen LogP contribution in [0.5, 0.6) is 0 Å². The maximum absolute atomic E-state index is 13.0. The van der Waals surface area contributed by atoms with Crippen LogP contribution < -0.4 is 10.5 Å². The van der Waals surface area contributed by atoms with Crippen LogP contribution >= 0.6 is 0 Å². The van der Waals surface area contributed by atoms with Crippen LogP contribution in [0.4, 0.5) is 5.69 Å². The smallest absolute Gasteiger partial charge is 0.294 e. The van der Waals surface area contributed by atoms with E-state index in [1.807, 2.05) is 24.3 Å². The maximum atomic E-state index is 13.0. The van der Waals surface area contributed by atoms with E-state index in [4.69, 9.17) is 4.42 Å². The van der Waals surface area contributed by atoms with Gasteiger partial charge in [-0.3, -0.25) is 14.6 Å². The molecule has 6 nitrogen and oxygen atoms in total. The lowest BCUT2D eigenvalue weighted by Gasteiger charge is -2.22. The van der Waals surface area contributed by atoms with E-state index in [1.165, 1.54) is 12.3 Å². The van der Waals surface area contributed by atoms with Crippen molar-refractivity contribution in [2.24, 2.45) is 0 Å².